The van der Waals surface area contributed by atoms with Gasteiger partial charge in [0.05, 0.1) is 0 Å². The topological polar surface area (TPSA) is 78.9 Å². The molecule has 0 aromatic carbocycles. The molecule has 0 saturated carbocycles. The highest BCUT2D eigenvalue weighted by Crippen LogP contribution is 2.14. The van der Waals surface area contributed by atoms with Gasteiger partial charge in [-0.3, -0.25) is 14.4 Å². The zero-order valence-electron chi connectivity index (χ0n) is 41.7. The standard InChI is InChI=1S/C59H94O6/c1-4-7-10-13-16-19-22-25-27-28-29-30-32-34-37-40-43-46-49-52-58(61)64-55-56(54-63-57(60)51-48-45-42-39-36-33-24-21-18-15-12-9-6-3)65-59(62)53-50-47-44-41-38-35-31-26-23-20-17-14-11-8-5-2/h7,9-10,12,16,18-19,21,25,27,29-30,33-34,36-37,42-43,45-46,56H,4-6,8,11,13-15,17,20,22-24,26,28,31-32,35,38-41,44,47-55H2,1-3H3/b10-7-,12-9-,19-16-,21-18-,27-25-,30-29-,36-33-,37-34-,45-42-,46-43-. The maximum absolute atomic E-state index is 12.8. The number of allylic oxidation sites excluding steroid dienone is 20. The average molecular weight is 899 g/mol. The molecule has 0 N–H and O–H groups in total. The molecular formula is C59H94O6. The first-order chi connectivity index (χ1) is 32.0. The maximum Gasteiger partial charge on any atom is 0.306 e. The second kappa shape index (κ2) is 52.4. The number of unbranched alkanes of at least 4 members (excludes halogenated alkanes) is 14. The molecule has 0 fully saturated rings. The van der Waals surface area contributed by atoms with Crippen molar-refractivity contribution in [1.82, 2.24) is 0 Å². The molecule has 0 aliphatic rings. The summed E-state index contributed by atoms with van der Waals surface area (Å²) in [5.41, 5.74) is 0. The van der Waals surface area contributed by atoms with Gasteiger partial charge in [-0.05, 0) is 83.5 Å². The Kier molecular flexibility index (Phi) is 49.1. The van der Waals surface area contributed by atoms with Gasteiger partial charge in [0.15, 0.2) is 6.10 Å². The van der Waals surface area contributed by atoms with E-state index in [1.165, 1.54) is 77.0 Å². The highest BCUT2D eigenvalue weighted by molar-refractivity contribution is 5.71. The van der Waals surface area contributed by atoms with Crippen molar-refractivity contribution >= 4 is 17.9 Å². The van der Waals surface area contributed by atoms with E-state index in [1.807, 2.05) is 24.3 Å². The van der Waals surface area contributed by atoms with Crippen LogP contribution in [-0.2, 0) is 28.6 Å². The van der Waals surface area contributed by atoms with Crippen molar-refractivity contribution in [3.8, 4) is 0 Å². The molecule has 1 atom stereocenters. The Balaban J connectivity index is 4.58. The fourth-order valence-electron chi connectivity index (χ4n) is 6.66. The molecule has 0 saturated heterocycles. The highest BCUT2D eigenvalue weighted by atomic mass is 16.6. The van der Waals surface area contributed by atoms with Gasteiger partial charge in [0.2, 0.25) is 0 Å². The Morgan fingerprint density at radius 2 is 0.600 bits per heavy atom. The lowest BCUT2D eigenvalue weighted by Gasteiger charge is -2.18. The first-order valence-electron chi connectivity index (χ1n) is 26.0. The Morgan fingerprint density at radius 1 is 0.323 bits per heavy atom. The zero-order valence-corrected chi connectivity index (χ0v) is 41.7. The minimum atomic E-state index is -0.838. The molecular weight excluding hydrogens is 805 g/mol. The number of carbonyl (C=O) groups excluding carboxylic acids is 3. The van der Waals surface area contributed by atoms with E-state index in [0.29, 0.717) is 19.3 Å². The van der Waals surface area contributed by atoms with Gasteiger partial charge in [0.25, 0.3) is 0 Å². The zero-order chi connectivity index (χ0) is 47.2. The molecule has 366 valence electrons. The Morgan fingerprint density at radius 3 is 0.908 bits per heavy atom. The summed E-state index contributed by atoms with van der Waals surface area (Å²) in [6, 6.07) is 0. The van der Waals surface area contributed by atoms with Gasteiger partial charge in [-0.15, -0.1) is 0 Å². The van der Waals surface area contributed by atoms with Crippen LogP contribution in [0.1, 0.15) is 213 Å². The molecule has 65 heavy (non-hydrogen) atoms. The van der Waals surface area contributed by atoms with Gasteiger partial charge in [0, 0.05) is 19.3 Å². The summed E-state index contributed by atoms with van der Waals surface area (Å²) in [6.07, 6.45) is 72.1. The Labute approximate surface area is 399 Å². The summed E-state index contributed by atoms with van der Waals surface area (Å²) < 4.78 is 16.7. The van der Waals surface area contributed by atoms with Crippen LogP contribution in [0.15, 0.2) is 122 Å². The average Bonchev–Trinajstić information content (AvgIpc) is 3.30. The van der Waals surface area contributed by atoms with Crippen molar-refractivity contribution in [1.29, 1.82) is 0 Å². The van der Waals surface area contributed by atoms with Crippen molar-refractivity contribution in [3.63, 3.8) is 0 Å². The van der Waals surface area contributed by atoms with Crippen LogP contribution < -0.4 is 0 Å². The van der Waals surface area contributed by atoms with E-state index in [1.54, 1.807) is 0 Å². The molecule has 6 nitrogen and oxygen atoms in total. The third-order valence-corrected chi connectivity index (χ3v) is 10.5. The molecule has 0 aliphatic heterocycles. The number of rotatable bonds is 45. The molecule has 0 rings (SSSR count). The van der Waals surface area contributed by atoms with Crippen LogP contribution >= 0.6 is 0 Å². The highest BCUT2D eigenvalue weighted by Gasteiger charge is 2.19. The molecule has 0 heterocycles. The van der Waals surface area contributed by atoms with Crippen molar-refractivity contribution < 1.29 is 28.6 Å². The first kappa shape index (κ1) is 60.8. The van der Waals surface area contributed by atoms with Crippen LogP contribution in [0.4, 0.5) is 0 Å². The van der Waals surface area contributed by atoms with Crippen LogP contribution in [0.2, 0.25) is 0 Å². The van der Waals surface area contributed by atoms with E-state index in [4.69, 9.17) is 14.2 Å². The molecule has 6 heteroatoms. The lowest BCUT2D eigenvalue weighted by molar-refractivity contribution is -0.166. The van der Waals surface area contributed by atoms with E-state index in [-0.39, 0.29) is 44.0 Å². The second-order valence-electron chi connectivity index (χ2n) is 16.7. The molecule has 0 aromatic heterocycles. The van der Waals surface area contributed by atoms with E-state index >= 15 is 0 Å². The van der Waals surface area contributed by atoms with Crippen molar-refractivity contribution in [2.45, 2.75) is 219 Å². The van der Waals surface area contributed by atoms with Crippen LogP contribution in [0.25, 0.3) is 0 Å². The minimum absolute atomic E-state index is 0.141. The van der Waals surface area contributed by atoms with Gasteiger partial charge in [-0.25, -0.2) is 0 Å². The van der Waals surface area contributed by atoms with E-state index in [9.17, 15) is 14.4 Å². The summed E-state index contributed by atoms with van der Waals surface area (Å²) in [5.74, 6) is -1.10. The molecule has 0 aliphatic carbocycles. The molecule has 0 spiro atoms. The SMILES string of the molecule is CC/C=C\C/C=C\C/C=C\C/C=C\C/C=C\C/C=C\CCC(=O)OCC(COC(=O)CC/C=C\C/C=C\C/C=C\C/C=C\CC)OC(=O)CCCCCCCCCCCCCCCCC. The third-order valence-electron chi connectivity index (χ3n) is 10.5. The number of carbonyl (C=O) groups is 3. The number of ether oxygens (including phenoxy) is 3. The van der Waals surface area contributed by atoms with Crippen LogP contribution in [0.5, 0.6) is 0 Å². The Hall–Kier alpha value is -4.19. The predicted octanol–water partition coefficient (Wildman–Crippen LogP) is 17.3. The lowest BCUT2D eigenvalue weighted by atomic mass is 10.0. The van der Waals surface area contributed by atoms with E-state index in [2.05, 4.69) is 118 Å². The monoisotopic (exact) mass is 899 g/mol. The van der Waals surface area contributed by atoms with E-state index < -0.39 is 6.10 Å². The van der Waals surface area contributed by atoms with E-state index in [0.717, 1.165) is 83.5 Å². The van der Waals surface area contributed by atoms with Crippen LogP contribution in [-0.4, -0.2) is 37.2 Å². The first-order valence-corrected chi connectivity index (χ1v) is 26.0. The lowest BCUT2D eigenvalue weighted by Crippen LogP contribution is -2.30. The summed E-state index contributed by atoms with van der Waals surface area (Å²) >= 11 is 0. The van der Waals surface area contributed by atoms with Gasteiger partial charge >= 0.3 is 17.9 Å². The number of hydrogen-bond acceptors (Lipinski definition) is 6. The second-order valence-corrected chi connectivity index (χ2v) is 16.7. The quantitative estimate of drug-likeness (QED) is 0.0262. The fraction of sp³-hybridized carbons (Fsp3) is 0.610. The molecule has 0 radical (unpaired) electrons. The summed E-state index contributed by atoms with van der Waals surface area (Å²) in [6.45, 7) is 6.27. The largest absolute Gasteiger partial charge is 0.462 e. The van der Waals surface area contributed by atoms with Gasteiger partial charge < -0.3 is 14.2 Å². The van der Waals surface area contributed by atoms with Crippen LogP contribution in [0, 0.1) is 0 Å². The predicted molar refractivity (Wildman–Crippen MR) is 279 cm³/mol. The van der Waals surface area contributed by atoms with Crippen molar-refractivity contribution in [2.75, 3.05) is 13.2 Å². The van der Waals surface area contributed by atoms with Crippen LogP contribution in [0.3, 0.4) is 0 Å². The maximum atomic E-state index is 12.8. The van der Waals surface area contributed by atoms with Gasteiger partial charge in [-0.2, -0.15) is 0 Å². The number of esters is 3. The summed E-state index contributed by atoms with van der Waals surface area (Å²) in [7, 11) is 0. The van der Waals surface area contributed by atoms with Crippen molar-refractivity contribution in [2.24, 2.45) is 0 Å². The van der Waals surface area contributed by atoms with Gasteiger partial charge in [-0.1, -0.05) is 232 Å². The molecule has 1 unspecified atom stereocenters. The molecule has 0 aromatic rings. The smallest absolute Gasteiger partial charge is 0.306 e. The summed E-state index contributed by atoms with van der Waals surface area (Å²) in [5, 5.41) is 0. The fourth-order valence-corrected chi connectivity index (χ4v) is 6.66. The molecule has 0 bridgehead atoms. The normalized spacial score (nSPS) is 13.1. The molecule has 0 amide bonds. The third kappa shape index (κ3) is 50.7. The Bertz CT molecular complexity index is 1400. The summed E-state index contributed by atoms with van der Waals surface area (Å²) in [4.78, 5) is 37.9. The number of hydrogen-bond donors (Lipinski definition) is 0. The minimum Gasteiger partial charge on any atom is -0.462 e. The van der Waals surface area contributed by atoms with Crippen molar-refractivity contribution in [3.05, 3.63) is 122 Å². The van der Waals surface area contributed by atoms with Gasteiger partial charge in [0.1, 0.15) is 13.2 Å².